The standard InChI is InChI=1S/C18H21ClN4O2/c1-4-22(5-2)11-12(3)25-17-9-8-16-20-15-7-6-13(19)10-14(15)18(24)23(16)21-17/h6-10,12H,4-5,11H2,1-3H3/t12-/m1/s1. The second-order valence-electron chi connectivity index (χ2n) is 5.93. The third-order valence-corrected chi connectivity index (χ3v) is 4.37. The number of hydrogen-bond donors (Lipinski definition) is 0. The molecular weight excluding hydrogens is 340 g/mol. The van der Waals surface area contributed by atoms with E-state index in [0.717, 1.165) is 19.6 Å². The fraction of sp³-hybridized carbons (Fsp3) is 0.389. The summed E-state index contributed by atoms with van der Waals surface area (Å²) in [5, 5.41) is 5.24. The van der Waals surface area contributed by atoms with Crippen molar-refractivity contribution in [1.29, 1.82) is 0 Å². The second kappa shape index (κ2) is 7.37. The zero-order valence-corrected chi connectivity index (χ0v) is 15.3. The van der Waals surface area contributed by atoms with Crippen LogP contribution in [0.25, 0.3) is 16.6 Å². The highest BCUT2D eigenvalue weighted by Gasteiger charge is 2.12. The molecule has 0 radical (unpaired) electrons. The third-order valence-electron chi connectivity index (χ3n) is 4.14. The van der Waals surface area contributed by atoms with Gasteiger partial charge in [0.05, 0.1) is 10.9 Å². The van der Waals surface area contributed by atoms with Crippen molar-refractivity contribution in [3.05, 3.63) is 45.7 Å². The number of aromatic nitrogens is 3. The number of fused-ring (bicyclic) bond motifs is 2. The van der Waals surface area contributed by atoms with Crippen LogP contribution in [0.4, 0.5) is 0 Å². The fourth-order valence-electron chi connectivity index (χ4n) is 2.80. The van der Waals surface area contributed by atoms with Crippen LogP contribution in [0.15, 0.2) is 35.1 Å². The lowest BCUT2D eigenvalue weighted by Crippen LogP contribution is -2.34. The monoisotopic (exact) mass is 360 g/mol. The van der Waals surface area contributed by atoms with Crippen molar-refractivity contribution in [1.82, 2.24) is 19.5 Å². The summed E-state index contributed by atoms with van der Waals surface area (Å²) in [5.74, 6) is 0.400. The van der Waals surface area contributed by atoms with Crippen LogP contribution in [-0.2, 0) is 0 Å². The lowest BCUT2D eigenvalue weighted by Gasteiger charge is -2.23. The normalized spacial score (nSPS) is 12.8. The molecule has 0 N–H and O–H groups in total. The highest BCUT2D eigenvalue weighted by molar-refractivity contribution is 6.31. The summed E-state index contributed by atoms with van der Waals surface area (Å²) in [6.07, 6.45) is -0.0385. The number of rotatable bonds is 6. The minimum absolute atomic E-state index is 0.0385. The molecule has 2 aromatic heterocycles. The van der Waals surface area contributed by atoms with E-state index in [4.69, 9.17) is 16.3 Å². The first-order valence-electron chi connectivity index (χ1n) is 8.40. The summed E-state index contributed by atoms with van der Waals surface area (Å²) in [6.45, 7) is 8.95. The maximum absolute atomic E-state index is 12.7. The molecule has 0 aliphatic carbocycles. The van der Waals surface area contributed by atoms with Crippen molar-refractivity contribution >= 4 is 28.2 Å². The number of hydrogen-bond acceptors (Lipinski definition) is 5. The molecule has 0 fully saturated rings. The highest BCUT2D eigenvalue weighted by Crippen LogP contribution is 2.16. The molecule has 0 aliphatic heterocycles. The minimum Gasteiger partial charge on any atom is -0.472 e. The van der Waals surface area contributed by atoms with Gasteiger partial charge in [0.1, 0.15) is 6.10 Å². The van der Waals surface area contributed by atoms with E-state index in [1.165, 1.54) is 4.52 Å². The van der Waals surface area contributed by atoms with Gasteiger partial charge in [-0.15, -0.1) is 5.10 Å². The summed E-state index contributed by atoms with van der Waals surface area (Å²) in [4.78, 5) is 19.4. The fourth-order valence-corrected chi connectivity index (χ4v) is 2.97. The molecule has 2 heterocycles. The lowest BCUT2D eigenvalue weighted by molar-refractivity contribution is 0.146. The van der Waals surface area contributed by atoms with E-state index in [0.29, 0.717) is 27.5 Å². The Morgan fingerprint density at radius 1 is 1.24 bits per heavy atom. The number of ether oxygens (including phenoxy) is 1. The Kier molecular flexibility index (Phi) is 5.20. The highest BCUT2D eigenvalue weighted by atomic mass is 35.5. The Labute approximate surface area is 151 Å². The largest absolute Gasteiger partial charge is 0.472 e. The summed E-state index contributed by atoms with van der Waals surface area (Å²) in [5.41, 5.74) is 0.813. The van der Waals surface area contributed by atoms with Gasteiger partial charge in [-0.3, -0.25) is 4.79 Å². The first-order valence-corrected chi connectivity index (χ1v) is 8.78. The smallest absolute Gasteiger partial charge is 0.282 e. The molecule has 6 nitrogen and oxygen atoms in total. The van der Waals surface area contributed by atoms with E-state index < -0.39 is 0 Å². The average Bonchev–Trinajstić information content (AvgIpc) is 2.61. The molecule has 1 aromatic carbocycles. The molecule has 3 aromatic rings. The van der Waals surface area contributed by atoms with Crippen molar-refractivity contribution in [2.75, 3.05) is 19.6 Å². The van der Waals surface area contributed by atoms with Gasteiger partial charge in [0, 0.05) is 17.6 Å². The van der Waals surface area contributed by atoms with Gasteiger partial charge < -0.3 is 9.64 Å². The van der Waals surface area contributed by atoms with Crippen LogP contribution in [0.2, 0.25) is 5.02 Å². The Hall–Kier alpha value is -2.18. The summed E-state index contributed by atoms with van der Waals surface area (Å²) in [6, 6.07) is 8.53. The van der Waals surface area contributed by atoms with E-state index in [2.05, 4.69) is 28.8 Å². The zero-order chi connectivity index (χ0) is 18.0. The number of nitrogens with zero attached hydrogens (tertiary/aromatic N) is 4. The zero-order valence-electron chi connectivity index (χ0n) is 14.6. The maximum atomic E-state index is 12.7. The summed E-state index contributed by atoms with van der Waals surface area (Å²) >= 11 is 5.99. The average molecular weight is 361 g/mol. The van der Waals surface area contributed by atoms with Crippen LogP contribution >= 0.6 is 11.6 Å². The van der Waals surface area contributed by atoms with E-state index in [1.54, 1.807) is 30.3 Å². The van der Waals surface area contributed by atoms with Crippen LogP contribution in [0.1, 0.15) is 20.8 Å². The first-order chi connectivity index (χ1) is 12.0. The van der Waals surface area contributed by atoms with Crippen LogP contribution in [-0.4, -0.2) is 45.2 Å². The molecule has 0 unspecified atom stereocenters. The molecule has 0 bridgehead atoms. The molecule has 132 valence electrons. The van der Waals surface area contributed by atoms with Crippen LogP contribution in [0.5, 0.6) is 5.88 Å². The molecule has 0 saturated carbocycles. The summed E-state index contributed by atoms with van der Waals surface area (Å²) < 4.78 is 7.14. The van der Waals surface area contributed by atoms with Gasteiger partial charge in [0.25, 0.3) is 5.56 Å². The number of halogens is 1. The van der Waals surface area contributed by atoms with Crippen LogP contribution in [0, 0.1) is 0 Å². The van der Waals surface area contributed by atoms with Gasteiger partial charge >= 0.3 is 0 Å². The predicted molar refractivity (Wildman–Crippen MR) is 99.7 cm³/mol. The molecule has 0 spiro atoms. The second-order valence-corrected chi connectivity index (χ2v) is 6.37. The molecule has 3 rings (SSSR count). The maximum Gasteiger partial charge on any atom is 0.282 e. The molecule has 25 heavy (non-hydrogen) atoms. The van der Waals surface area contributed by atoms with Crippen LogP contribution in [0.3, 0.4) is 0 Å². The molecule has 0 aliphatic rings. The van der Waals surface area contributed by atoms with E-state index in [-0.39, 0.29) is 11.7 Å². The van der Waals surface area contributed by atoms with E-state index in [1.807, 2.05) is 6.92 Å². The topological polar surface area (TPSA) is 59.7 Å². The van der Waals surface area contributed by atoms with Crippen molar-refractivity contribution in [2.24, 2.45) is 0 Å². The van der Waals surface area contributed by atoms with E-state index in [9.17, 15) is 4.79 Å². The van der Waals surface area contributed by atoms with Gasteiger partial charge in [-0.25, -0.2) is 4.98 Å². The minimum atomic E-state index is -0.260. The Morgan fingerprint density at radius 3 is 2.72 bits per heavy atom. The van der Waals surface area contributed by atoms with Gasteiger partial charge in [-0.1, -0.05) is 25.4 Å². The molecule has 0 saturated heterocycles. The van der Waals surface area contributed by atoms with E-state index >= 15 is 0 Å². The van der Waals surface area contributed by atoms with Crippen LogP contribution < -0.4 is 10.3 Å². The number of likely N-dealkylation sites (N-methyl/N-ethyl adjacent to an activating group) is 1. The van der Waals surface area contributed by atoms with Gasteiger partial charge in [-0.2, -0.15) is 4.52 Å². The third kappa shape index (κ3) is 3.75. The molecule has 0 amide bonds. The quantitative estimate of drug-likeness (QED) is 0.632. The Morgan fingerprint density at radius 2 is 2.00 bits per heavy atom. The lowest BCUT2D eigenvalue weighted by atomic mass is 10.2. The first kappa shape index (κ1) is 17.6. The summed E-state index contributed by atoms with van der Waals surface area (Å²) in [7, 11) is 0. The molecule has 7 heteroatoms. The molecule has 1 atom stereocenters. The predicted octanol–water partition coefficient (Wildman–Crippen LogP) is 3.01. The van der Waals surface area contributed by atoms with Crippen molar-refractivity contribution in [3.63, 3.8) is 0 Å². The van der Waals surface area contributed by atoms with Gasteiger partial charge in [0.2, 0.25) is 5.88 Å². The molecular formula is C18H21ClN4O2. The van der Waals surface area contributed by atoms with Crippen molar-refractivity contribution < 1.29 is 4.74 Å². The van der Waals surface area contributed by atoms with Crippen molar-refractivity contribution in [2.45, 2.75) is 26.9 Å². The SMILES string of the molecule is CCN(CC)C[C@@H](C)Oc1ccc2nc3ccc(Cl)cc3c(=O)n2n1. The number of benzene rings is 1. The Bertz CT molecular complexity index is 953. The van der Waals surface area contributed by atoms with Gasteiger partial charge in [0.15, 0.2) is 5.65 Å². The van der Waals surface area contributed by atoms with Crippen molar-refractivity contribution in [3.8, 4) is 5.88 Å². The Balaban J connectivity index is 1.95. The van der Waals surface area contributed by atoms with Gasteiger partial charge in [-0.05, 0) is 44.3 Å².